The summed E-state index contributed by atoms with van der Waals surface area (Å²) >= 11 is 0. The van der Waals surface area contributed by atoms with E-state index < -0.39 is 0 Å². The number of aromatic nitrogens is 2. The largest absolute Gasteiger partial charge is 0.480 e. The zero-order chi connectivity index (χ0) is 13.0. The molecule has 0 aliphatic carbocycles. The van der Waals surface area contributed by atoms with Gasteiger partial charge in [0, 0.05) is 18.2 Å². The highest BCUT2D eigenvalue weighted by atomic mass is 16.5. The number of rotatable bonds is 4. The molecule has 2 aromatic rings. The third-order valence-corrected chi connectivity index (χ3v) is 2.65. The van der Waals surface area contributed by atoms with Gasteiger partial charge in [-0.25, -0.2) is 4.68 Å². The van der Waals surface area contributed by atoms with Crippen LogP contribution in [0.15, 0.2) is 47.3 Å². The Hall–Kier alpha value is -2.14. The number of nitrogens with two attached hydrogens (primary N) is 1. The van der Waals surface area contributed by atoms with Gasteiger partial charge in [-0.2, -0.15) is 0 Å². The number of methoxy groups -OCH3 is 1. The van der Waals surface area contributed by atoms with Gasteiger partial charge in [0.2, 0.25) is 5.88 Å². The first-order valence-electron chi connectivity index (χ1n) is 5.63. The predicted molar refractivity (Wildman–Crippen MR) is 68.4 cm³/mol. The molecule has 1 unspecified atom stereocenters. The Balaban J connectivity index is 2.21. The Morgan fingerprint density at radius 2 is 2.00 bits per heavy atom. The molecule has 0 bridgehead atoms. The number of benzene rings is 1. The summed E-state index contributed by atoms with van der Waals surface area (Å²) in [5.74, 6) is 0.398. The second-order valence-corrected chi connectivity index (χ2v) is 3.91. The minimum atomic E-state index is -0.275. The van der Waals surface area contributed by atoms with Crippen LogP contribution in [-0.2, 0) is 6.54 Å². The molecule has 0 amide bonds. The Bertz CT molecular complexity index is 566. The predicted octanol–water partition coefficient (Wildman–Crippen LogP) is 0.952. The molecular formula is C13H15N3O2. The van der Waals surface area contributed by atoms with Gasteiger partial charge in [0.25, 0.3) is 5.56 Å². The second-order valence-electron chi connectivity index (χ2n) is 3.91. The molecule has 0 spiro atoms. The molecule has 5 heteroatoms. The lowest BCUT2D eigenvalue weighted by Gasteiger charge is -2.13. The first kappa shape index (κ1) is 12.3. The van der Waals surface area contributed by atoms with Gasteiger partial charge in [0.1, 0.15) is 0 Å². The van der Waals surface area contributed by atoms with Crippen LogP contribution in [-0.4, -0.2) is 16.9 Å². The van der Waals surface area contributed by atoms with Crippen LogP contribution in [0.3, 0.4) is 0 Å². The molecular weight excluding hydrogens is 230 g/mol. The Morgan fingerprint density at radius 3 is 2.67 bits per heavy atom. The maximum absolute atomic E-state index is 11.6. The first-order chi connectivity index (χ1) is 8.70. The molecule has 1 heterocycles. The minimum absolute atomic E-state index is 0.192. The topological polar surface area (TPSA) is 70.1 Å². The van der Waals surface area contributed by atoms with Gasteiger partial charge >= 0.3 is 0 Å². The summed E-state index contributed by atoms with van der Waals surface area (Å²) in [6.45, 7) is 0.319. The highest BCUT2D eigenvalue weighted by Gasteiger charge is 2.09. The third kappa shape index (κ3) is 2.75. The van der Waals surface area contributed by atoms with Gasteiger partial charge in [-0.05, 0) is 5.56 Å². The van der Waals surface area contributed by atoms with E-state index >= 15 is 0 Å². The van der Waals surface area contributed by atoms with Crippen molar-refractivity contribution in [1.82, 2.24) is 9.78 Å². The molecule has 0 aliphatic rings. The second kappa shape index (κ2) is 5.46. The van der Waals surface area contributed by atoms with E-state index in [1.807, 2.05) is 30.3 Å². The van der Waals surface area contributed by atoms with Crippen LogP contribution in [0.25, 0.3) is 0 Å². The van der Waals surface area contributed by atoms with Crippen LogP contribution >= 0.6 is 0 Å². The number of ether oxygens (including phenoxy) is 1. The molecule has 18 heavy (non-hydrogen) atoms. The lowest BCUT2D eigenvalue weighted by molar-refractivity contribution is 0.370. The van der Waals surface area contributed by atoms with Crippen molar-refractivity contribution in [2.45, 2.75) is 12.6 Å². The Labute approximate surface area is 105 Å². The normalized spacial score (nSPS) is 12.1. The van der Waals surface area contributed by atoms with Crippen LogP contribution in [0.2, 0.25) is 0 Å². The summed E-state index contributed by atoms with van der Waals surface area (Å²) in [7, 11) is 1.51. The van der Waals surface area contributed by atoms with E-state index in [1.54, 1.807) is 0 Å². The first-order valence-corrected chi connectivity index (χ1v) is 5.63. The summed E-state index contributed by atoms with van der Waals surface area (Å²) in [4.78, 5) is 11.6. The molecule has 1 atom stereocenters. The van der Waals surface area contributed by atoms with E-state index in [2.05, 4.69) is 5.10 Å². The van der Waals surface area contributed by atoms with Gasteiger partial charge in [-0.3, -0.25) is 4.79 Å². The quantitative estimate of drug-likeness (QED) is 0.870. The number of hydrogen-bond acceptors (Lipinski definition) is 4. The van der Waals surface area contributed by atoms with Crippen LogP contribution in [0.5, 0.6) is 5.88 Å². The zero-order valence-electron chi connectivity index (χ0n) is 10.1. The fraction of sp³-hybridized carbons (Fsp3) is 0.231. The fourth-order valence-electron chi connectivity index (χ4n) is 1.66. The van der Waals surface area contributed by atoms with Crippen molar-refractivity contribution in [1.29, 1.82) is 0 Å². The lowest BCUT2D eigenvalue weighted by Crippen LogP contribution is -2.28. The van der Waals surface area contributed by atoms with E-state index in [1.165, 1.54) is 23.9 Å². The average molecular weight is 245 g/mol. The molecule has 2 rings (SSSR count). The van der Waals surface area contributed by atoms with Crippen molar-refractivity contribution in [3.8, 4) is 5.88 Å². The summed E-state index contributed by atoms with van der Waals surface area (Å²) in [6.07, 6.45) is 0. The van der Waals surface area contributed by atoms with Crippen molar-refractivity contribution in [2.24, 2.45) is 5.73 Å². The maximum Gasteiger partial charge on any atom is 0.267 e. The molecule has 0 aliphatic heterocycles. The molecule has 0 radical (unpaired) electrons. The Morgan fingerprint density at radius 1 is 1.28 bits per heavy atom. The maximum atomic E-state index is 11.6. The van der Waals surface area contributed by atoms with Crippen molar-refractivity contribution in [3.63, 3.8) is 0 Å². The average Bonchev–Trinajstić information content (AvgIpc) is 2.42. The van der Waals surface area contributed by atoms with Crippen LogP contribution in [0.4, 0.5) is 0 Å². The highest BCUT2D eigenvalue weighted by Crippen LogP contribution is 2.11. The highest BCUT2D eigenvalue weighted by molar-refractivity contribution is 5.18. The number of hydrogen-bond donors (Lipinski definition) is 1. The SMILES string of the molecule is COc1ccc(=O)n(CC(N)c2ccccc2)n1. The standard InChI is InChI=1S/C13H15N3O2/c1-18-12-7-8-13(17)16(15-12)9-11(14)10-5-3-2-4-6-10/h2-8,11H,9,14H2,1H3. The monoisotopic (exact) mass is 245 g/mol. The van der Waals surface area contributed by atoms with Crippen LogP contribution in [0.1, 0.15) is 11.6 Å². The molecule has 0 saturated carbocycles. The fourth-order valence-corrected chi connectivity index (χ4v) is 1.66. The molecule has 94 valence electrons. The van der Waals surface area contributed by atoms with Crippen LogP contribution < -0.4 is 16.0 Å². The zero-order valence-corrected chi connectivity index (χ0v) is 10.1. The van der Waals surface area contributed by atoms with E-state index in [0.717, 1.165) is 5.56 Å². The minimum Gasteiger partial charge on any atom is -0.480 e. The molecule has 0 fully saturated rings. The van der Waals surface area contributed by atoms with E-state index in [0.29, 0.717) is 12.4 Å². The van der Waals surface area contributed by atoms with Gasteiger partial charge in [0.15, 0.2) is 0 Å². The molecule has 2 N–H and O–H groups in total. The molecule has 0 saturated heterocycles. The summed E-state index contributed by atoms with van der Waals surface area (Å²) in [5.41, 5.74) is 6.82. The van der Waals surface area contributed by atoms with Crippen molar-refractivity contribution in [2.75, 3.05) is 7.11 Å². The summed E-state index contributed by atoms with van der Waals surface area (Å²) in [6, 6.07) is 12.3. The van der Waals surface area contributed by atoms with Gasteiger partial charge < -0.3 is 10.5 Å². The van der Waals surface area contributed by atoms with Gasteiger partial charge in [0.05, 0.1) is 13.7 Å². The van der Waals surface area contributed by atoms with Gasteiger partial charge in [-0.1, -0.05) is 30.3 Å². The third-order valence-electron chi connectivity index (χ3n) is 2.65. The van der Waals surface area contributed by atoms with Crippen molar-refractivity contribution in [3.05, 3.63) is 58.4 Å². The van der Waals surface area contributed by atoms with Crippen LogP contribution in [0, 0.1) is 0 Å². The van der Waals surface area contributed by atoms with Crippen molar-refractivity contribution < 1.29 is 4.74 Å². The van der Waals surface area contributed by atoms with Crippen molar-refractivity contribution >= 4 is 0 Å². The molecule has 1 aromatic carbocycles. The smallest absolute Gasteiger partial charge is 0.267 e. The van der Waals surface area contributed by atoms with E-state index in [-0.39, 0.29) is 11.6 Å². The molecule has 5 nitrogen and oxygen atoms in total. The summed E-state index contributed by atoms with van der Waals surface area (Å²) in [5, 5.41) is 4.06. The van der Waals surface area contributed by atoms with E-state index in [9.17, 15) is 4.79 Å². The Kier molecular flexibility index (Phi) is 3.74. The number of nitrogens with zero attached hydrogens (tertiary/aromatic N) is 2. The van der Waals surface area contributed by atoms with E-state index in [4.69, 9.17) is 10.5 Å². The van der Waals surface area contributed by atoms with Gasteiger partial charge in [-0.15, -0.1) is 5.10 Å². The molecule has 1 aromatic heterocycles. The summed E-state index contributed by atoms with van der Waals surface area (Å²) < 4.78 is 6.30. The lowest BCUT2D eigenvalue weighted by atomic mass is 10.1.